The number of anilines is 5. The van der Waals surface area contributed by atoms with E-state index >= 15 is 0 Å². The third-order valence-corrected chi connectivity index (χ3v) is 4.99. The number of alkyl halides is 3. The van der Waals surface area contributed by atoms with E-state index in [0.29, 0.717) is 5.56 Å². The molecule has 0 aliphatic carbocycles. The molecule has 0 atom stereocenters. The summed E-state index contributed by atoms with van der Waals surface area (Å²) < 4.78 is 67.7. The second kappa shape index (κ2) is 10.4. The number of hydrogen-bond donors (Lipinski definition) is 3. The molecule has 2 aromatic carbocycles. The predicted octanol–water partition coefficient (Wildman–Crippen LogP) is 6.45. The molecule has 0 aliphatic rings. The van der Waals surface area contributed by atoms with E-state index < -0.39 is 29.4 Å². The van der Waals surface area contributed by atoms with Crippen LogP contribution in [0, 0.1) is 11.8 Å². The van der Waals surface area contributed by atoms with Crippen LogP contribution in [-0.2, 0) is 11.0 Å². The van der Waals surface area contributed by atoms with E-state index in [4.69, 9.17) is 0 Å². The lowest BCUT2D eigenvalue weighted by molar-refractivity contribution is -0.137. The van der Waals surface area contributed by atoms with E-state index in [1.165, 1.54) is 48.8 Å². The van der Waals surface area contributed by atoms with Crippen LogP contribution in [0.4, 0.5) is 50.8 Å². The first-order valence-corrected chi connectivity index (χ1v) is 10.6. The number of amides is 1. The van der Waals surface area contributed by atoms with Crippen LogP contribution in [0.1, 0.15) is 5.56 Å². The number of aromatic nitrogens is 3. The topological polar surface area (TPSA) is 91.8 Å². The highest BCUT2D eigenvalue weighted by atomic mass is 19.4. The standard InChI is InChI=1S/C25H17F5N6O/c1-2-21(37)33-16-9-10-18(26)20(12-16)34-23-17(14-5-7-15(8-6-14)25(28,29)30)13-32-24(36-23)35-19-4-3-11-31-22(19)27/h2-13H,1H2,(H,33,37)(H2,32,34,35,36). The molecule has 37 heavy (non-hydrogen) atoms. The van der Waals surface area contributed by atoms with Gasteiger partial charge in [-0.05, 0) is 54.1 Å². The Balaban J connectivity index is 1.75. The summed E-state index contributed by atoms with van der Waals surface area (Å²) in [4.78, 5) is 23.6. The molecule has 4 aromatic rings. The zero-order valence-corrected chi connectivity index (χ0v) is 18.8. The predicted molar refractivity (Wildman–Crippen MR) is 128 cm³/mol. The third kappa shape index (κ3) is 6.04. The monoisotopic (exact) mass is 512 g/mol. The number of halogens is 5. The number of nitrogens with zero attached hydrogens (tertiary/aromatic N) is 3. The lowest BCUT2D eigenvalue weighted by Gasteiger charge is -2.15. The first-order chi connectivity index (χ1) is 17.6. The van der Waals surface area contributed by atoms with Crippen molar-refractivity contribution in [3.05, 3.63) is 97.0 Å². The van der Waals surface area contributed by atoms with Crippen LogP contribution >= 0.6 is 0 Å². The van der Waals surface area contributed by atoms with Gasteiger partial charge in [0.15, 0.2) is 0 Å². The van der Waals surface area contributed by atoms with Gasteiger partial charge in [0, 0.05) is 23.6 Å². The van der Waals surface area contributed by atoms with E-state index in [9.17, 15) is 26.7 Å². The fourth-order valence-electron chi connectivity index (χ4n) is 3.21. The number of hydrogen-bond acceptors (Lipinski definition) is 6. The van der Waals surface area contributed by atoms with E-state index in [-0.39, 0.29) is 34.4 Å². The average Bonchev–Trinajstić information content (AvgIpc) is 2.87. The van der Waals surface area contributed by atoms with Gasteiger partial charge in [-0.2, -0.15) is 22.5 Å². The van der Waals surface area contributed by atoms with Crippen molar-refractivity contribution < 1.29 is 26.7 Å². The first kappa shape index (κ1) is 25.2. The minimum atomic E-state index is -4.53. The highest BCUT2D eigenvalue weighted by molar-refractivity contribution is 5.99. The molecule has 2 aromatic heterocycles. The number of rotatable bonds is 7. The Labute approximate surface area is 207 Å². The molecule has 7 nitrogen and oxygen atoms in total. The van der Waals surface area contributed by atoms with Crippen LogP contribution < -0.4 is 16.0 Å². The molecule has 0 saturated heterocycles. The highest BCUT2D eigenvalue weighted by Crippen LogP contribution is 2.34. The van der Waals surface area contributed by atoms with Crippen molar-refractivity contribution in [2.24, 2.45) is 0 Å². The fourth-order valence-corrected chi connectivity index (χ4v) is 3.21. The Kier molecular flexibility index (Phi) is 7.09. The molecule has 4 rings (SSSR count). The molecule has 0 aliphatic heterocycles. The van der Waals surface area contributed by atoms with Gasteiger partial charge in [0.2, 0.25) is 17.8 Å². The lowest BCUT2D eigenvalue weighted by atomic mass is 10.1. The van der Waals surface area contributed by atoms with Crippen LogP contribution in [-0.4, -0.2) is 20.9 Å². The summed E-state index contributed by atoms with van der Waals surface area (Å²) in [5.41, 5.74) is -0.219. The fraction of sp³-hybridized carbons (Fsp3) is 0.0400. The average molecular weight is 512 g/mol. The maximum absolute atomic E-state index is 14.7. The van der Waals surface area contributed by atoms with Crippen molar-refractivity contribution >= 4 is 34.7 Å². The quantitative estimate of drug-likeness (QED) is 0.150. The second-order valence-electron chi connectivity index (χ2n) is 7.51. The van der Waals surface area contributed by atoms with E-state index in [1.807, 2.05) is 0 Å². The second-order valence-corrected chi connectivity index (χ2v) is 7.51. The number of nitrogens with one attached hydrogen (secondary N) is 3. The Morgan fingerprint density at radius 3 is 2.38 bits per heavy atom. The van der Waals surface area contributed by atoms with Crippen LogP contribution in [0.2, 0.25) is 0 Å². The van der Waals surface area contributed by atoms with Crippen molar-refractivity contribution in [1.82, 2.24) is 15.0 Å². The van der Waals surface area contributed by atoms with E-state index in [1.54, 1.807) is 0 Å². The van der Waals surface area contributed by atoms with Gasteiger partial charge in [-0.3, -0.25) is 4.79 Å². The summed E-state index contributed by atoms with van der Waals surface area (Å²) >= 11 is 0. The van der Waals surface area contributed by atoms with Crippen LogP contribution in [0.25, 0.3) is 11.1 Å². The smallest absolute Gasteiger partial charge is 0.337 e. The van der Waals surface area contributed by atoms with Gasteiger partial charge in [0.05, 0.1) is 16.9 Å². The van der Waals surface area contributed by atoms with Gasteiger partial charge in [-0.15, -0.1) is 0 Å². The Morgan fingerprint density at radius 2 is 1.70 bits per heavy atom. The summed E-state index contributed by atoms with van der Waals surface area (Å²) in [6.07, 6.45) is -0.949. The van der Waals surface area contributed by atoms with Gasteiger partial charge in [-0.25, -0.2) is 14.4 Å². The van der Waals surface area contributed by atoms with Crippen LogP contribution in [0.3, 0.4) is 0 Å². The molecule has 188 valence electrons. The number of carbonyl (C=O) groups excluding carboxylic acids is 1. The van der Waals surface area contributed by atoms with Gasteiger partial charge in [0.25, 0.3) is 0 Å². The van der Waals surface area contributed by atoms with Crippen LogP contribution in [0.5, 0.6) is 0 Å². The summed E-state index contributed by atoms with van der Waals surface area (Å²) in [5.74, 6) is -2.14. The lowest BCUT2D eigenvalue weighted by Crippen LogP contribution is -2.08. The van der Waals surface area contributed by atoms with Crippen molar-refractivity contribution in [1.29, 1.82) is 0 Å². The molecule has 0 unspecified atom stereocenters. The molecule has 12 heteroatoms. The minimum absolute atomic E-state index is 0.00680. The zero-order valence-electron chi connectivity index (χ0n) is 18.8. The molecule has 0 radical (unpaired) electrons. The summed E-state index contributed by atoms with van der Waals surface area (Å²) in [6, 6.07) is 10.8. The maximum atomic E-state index is 14.7. The molecule has 0 spiro atoms. The van der Waals surface area contributed by atoms with Gasteiger partial charge in [-0.1, -0.05) is 18.7 Å². The van der Waals surface area contributed by atoms with E-state index in [0.717, 1.165) is 24.3 Å². The normalized spacial score (nSPS) is 11.1. The van der Waals surface area contributed by atoms with Crippen molar-refractivity contribution in [3.8, 4) is 11.1 Å². The SMILES string of the molecule is C=CC(=O)Nc1ccc(F)c(Nc2nc(Nc3cccnc3F)ncc2-c2ccc(C(F)(F)F)cc2)c1. The summed E-state index contributed by atoms with van der Waals surface area (Å²) in [5, 5.41) is 7.94. The van der Waals surface area contributed by atoms with Crippen molar-refractivity contribution in [2.75, 3.05) is 16.0 Å². The molecule has 0 bridgehead atoms. The Bertz CT molecular complexity index is 1460. The third-order valence-electron chi connectivity index (χ3n) is 4.99. The summed E-state index contributed by atoms with van der Waals surface area (Å²) in [6.45, 7) is 3.35. The van der Waals surface area contributed by atoms with Crippen molar-refractivity contribution in [2.45, 2.75) is 6.18 Å². The van der Waals surface area contributed by atoms with Gasteiger partial charge in [0.1, 0.15) is 11.6 Å². The molecule has 0 fully saturated rings. The molecular formula is C25H17F5N6O. The summed E-state index contributed by atoms with van der Waals surface area (Å²) in [7, 11) is 0. The molecule has 2 heterocycles. The Morgan fingerprint density at radius 1 is 0.946 bits per heavy atom. The highest BCUT2D eigenvalue weighted by Gasteiger charge is 2.30. The zero-order chi connectivity index (χ0) is 26.6. The van der Waals surface area contributed by atoms with Gasteiger partial charge < -0.3 is 16.0 Å². The molecular weight excluding hydrogens is 495 g/mol. The molecule has 1 amide bonds. The number of pyridine rings is 1. The van der Waals surface area contributed by atoms with Crippen LogP contribution in [0.15, 0.2) is 79.6 Å². The minimum Gasteiger partial charge on any atom is -0.337 e. The van der Waals surface area contributed by atoms with Gasteiger partial charge >= 0.3 is 6.18 Å². The molecule has 0 saturated carbocycles. The first-order valence-electron chi connectivity index (χ1n) is 10.6. The Hall–Kier alpha value is -4.87. The number of carbonyl (C=O) groups is 1. The number of benzene rings is 2. The van der Waals surface area contributed by atoms with E-state index in [2.05, 4.69) is 37.5 Å². The maximum Gasteiger partial charge on any atom is 0.416 e. The largest absolute Gasteiger partial charge is 0.416 e. The molecule has 3 N–H and O–H groups in total. The van der Waals surface area contributed by atoms with Crippen molar-refractivity contribution in [3.63, 3.8) is 0 Å².